The molecule has 5 heteroatoms. The lowest BCUT2D eigenvalue weighted by atomic mass is 9.72. The molecule has 134 valence electrons. The predicted molar refractivity (Wildman–Crippen MR) is 98.5 cm³/mol. The monoisotopic (exact) mass is 352 g/mol. The average Bonchev–Trinajstić information content (AvgIpc) is 2.96. The summed E-state index contributed by atoms with van der Waals surface area (Å²) in [4.78, 5) is 15.6. The predicted octanol–water partition coefficient (Wildman–Crippen LogP) is 2.66. The molecule has 2 aliphatic heterocycles. The Kier molecular flexibility index (Phi) is 6.29. The van der Waals surface area contributed by atoms with Crippen molar-refractivity contribution in [1.82, 2.24) is 4.90 Å². The SMILES string of the molecule is Cc1ccc(C2(C(=O)N3CC(CN)CC3C)CCOCC2)cc1.Cl. The molecule has 2 heterocycles. The first-order chi connectivity index (χ1) is 11.1. The Morgan fingerprint density at radius 3 is 2.46 bits per heavy atom. The van der Waals surface area contributed by atoms with Crippen LogP contribution in [0.2, 0.25) is 0 Å². The first kappa shape index (κ1) is 19.2. The summed E-state index contributed by atoms with van der Waals surface area (Å²) < 4.78 is 5.56. The van der Waals surface area contributed by atoms with Gasteiger partial charge in [-0.05, 0) is 51.1 Å². The van der Waals surface area contributed by atoms with E-state index in [1.165, 1.54) is 5.56 Å². The van der Waals surface area contributed by atoms with Crippen LogP contribution >= 0.6 is 12.4 Å². The third-order valence-electron chi connectivity index (χ3n) is 5.62. The highest BCUT2D eigenvalue weighted by molar-refractivity contribution is 5.89. The highest BCUT2D eigenvalue weighted by atomic mass is 35.5. The number of hydrogen-bond donors (Lipinski definition) is 1. The second-order valence-electron chi connectivity index (χ2n) is 7.20. The van der Waals surface area contributed by atoms with Gasteiger partial charge in [-0.1, -0.05) is 29.8 Å². The molecule has 1 aromatic carbocycles. The van der Waals surface area contributed by atoms with Crippen molar-refractivity contribution in [3.63, 3.8) is 0 Å². The van der Waals surface area contributed by atoms with Gasteiger partial charge in [-0.25, -0.2) is 0 Å². The molecule has 0 saturated carbocycles. The van der Waals surface area contributed by atoms with Gasteiger partial charge in [0, 0.05) is 25.8 Å². The minimum Gasteiger partial charge on any atom is -0.381 e. The topological polar surface area (TPSA) is 55.6 Å². The molecule has 0 bridgehead atoms. The fourth-order valence-electron chi connectivity index (χ4n) is 4.09. The summed E-state index contributed by atoms with van der Waals surface area (Å²) in [5.74, 6) is 0.706. The third kappa shape index (κ3) is 3.46. The van der Waals surface area contributed by atoms with Crippen LogP contribution in [0.15, 0.2) is 24.3 Å². The van der Waals surface area contributed by atoms with Gasteiger partial charge in [0.1, 0.15) is 0 Å². The molecule has 1 amide bonds. The molecular weight excluding hydrogens is 324 g/mol. The summed E-state index contributed by atoms with van der Waals surface area (Å²) in [6.45, 7) is 7.00. The number of ether oxygens (including phenoxy) is 1. The number of carbonyl (C=O) groups is 1. The van der Waals surface area contributed by atoms with Crippen LogP contribution in [-0.2, 0) is 14.9 Å². The van der Waals surface area contributed by atoms with Crippen LogP contribution in [0.1, 0.15) is 37.3 Å². The Hall–Kier alpha value is -1.10. The maximum atomic E-state index is 13.5. The van der Waals surface area contributed by atoms with Crippen LogP contribution in [0.3, 0.4) is 0 Å². The zero-order chi connectivity index (χ0) is 16.4. The number of aryl methyl sites for hydroxylation is 1. The molecule has 24 heavy (non-hydrogen) atoms. The van der Waals surface area contributed by atoms with E-state index in [-0.39, 0.29) is 24.4 Å². The van der Waals surface area contributed by atoms with Gasteiger partial charge in [0.05, 0.1) is 5.41 Å². The standard InChI is InChI=1S/C19H28N2O2.ClH/c1-14-3-5-17(6-4-14)19(7-9-23-10-8-19)18(22)21-13-16(12-20)11-15(21)2;/h3-6,15-16H,7-13,20H2,1-2H3;1H. The lowest BCUT2D eigenvalue weighted by Crippen LogP contribution is -2.51. The highest BCUT2D eigenvalue weighted by Crippen LogP contribution is 2.39. The maximum Gasteiger partial charge on any atom is 0.233 e. The normalized spacial score (nSPS) is 26.0. The molecule has 0 aliphatic carbocycles. The number of likely N-dealkylation sites (tertiary alicyclic amines) is 1. The van der Waals surface area contributed by atoms with Crippen molar-refractivity contribution in [2.75, 3.05) is 26.3 Å². The molecule has 0 aromatic heterocycles. The Balaban J connectivity index is 0.00000208. The zero-order valence-electron chi connectivity index (χ0n) is 14.7. The molecule has 0 spiro atoms. The summed E-state index contributed by atoms with van der Waals surface area (Å²) in [7, 11) is 0. The van der Waals surface area contributed by atoms with E-state index in [9.17, 15) is 4.79 Å². The number of hydrogen-bond acceptors (Lipinski definition) is 3. The second-order valence-corrected chi connectivity index (χ2v) is 7.20. The molecular formula is C19H29ClN2O2. The zero-order valence-corrected chi connectivity index (χ0v) is 15.5. The van der Waals surface area contributed by atoms with Crippen LogP contribution in [0, 0.1) is 12.8 Å². The van der Waals surface area contributed by atoms with Crippen molar-refractivity contribution in [2.24, 2.45) is 11.7 Å². The number of benzene rings is 1. The average molecular weight is 353 g/mol. The first-order valence-corrected chi connectivity index (χ1v) is 8.73. The first-order valence-electron chi connectivity index (χ1n) is 8.73. The number of carbonyl (C=O) groups excluding carboxylic acids is 1. The summed E-state index contributed by atoms with van der Waals surface area (Å²) in [6, 6.07) is 8.74. The van der Waals surface area contributed by atoms with Crippen molar-refractivity contribution in [3.8, 4) is 0 Å². The molecule has 2 N–H and O–H groups in total. The Bertz CT molecular complexity index is 555. The Morgan fingerprint density at radius 1 is 1.29 bits per heavy atom. The van der Waals surface area contributed by atoms with Crippen LogP contribution in [0.5, 0.6) is 0 Å². The summed E-state index contributed by atoms with van der Waals surface area (Å²) in [6.07, 6.45) is 2.56. The molecule has 2 fully saturated rings. The smallest absolute Gasteiger partial charge is 0.233 e. The van der Waals surface area contributed by atoms with Crippen molar-refractivity contribution < 1.29 is 9.53 Å². The van der Waals surface area contributed by atoms with Crippen LogP contribution < -0.4 is 5.73 Å². The van der Waals surface area contributed by atoms with Crippen molar-refractivity contribution in [3.05, 3.63) is 35.4 Å². The summed E-state index contributed by atoms with van der Waals surface area (Å²) in [5.41, 5.74) is 7.77. The van der Waals surface area contributed by atoms with Crippen LogP contribution in [-0.4, -0.2) is 43.2 Å². The Morgan fingerprint density at radius 2 is 1.92 bits per heavy atom. The van der Waals surface area contributed by atoms with Crippen molar-refractivity contribution in [1.29, 1.82) is 0 Å². The van der Waals surface area contributed by atoms with E-state index < -0.39 is 5.41 Å². The van der Waals surface area contributed by atoms with Gasteiger partial charge in [0.25, 0.3) is 0 Å². The molecule has 2 unspecified atom stereocenters. The largest absolute Gasteiger partial charge is 0.381 e. The van der Waals surface area contributed by atoms with Crippen molar-refractivity contribution >= 4 is 18.3 Å². The van der Waals surface area contributed by atoms with E-state index in [1.807, 2.05) is 0 Å². The molecule has 3 rings (SSSR count). The summed E-state index contributed by atoms with van der Waals surface area (Å²) >= 11 is 0. The number of nitrogens with zero attached hydrogens (tertiary/aromatic N) is 1. The molecule has 2 atom stereocenters. The quantitative estimate of drug-likeness (QED) is 0.909. The van der Waals surface area contributed by atoms with E-state index in [0.717, 1.165) is 31.4 Å². The van der Waals surface area contributed by atoms with Crippen LogP contribution in [0.4, 0.5) is 0 Å². The number of nitrogens with two attached hydrogens (primary N) is 1. The van der Waals surface area contributed by atoms with Gasteiger partial charge in [0.2, 0.25) is 5.91 Å². The number of halogens is 1. The number of rotatable bonds is 3. The molecule has 4 nitrogen and oxygen atoms in total. The van der Waals surface area contributed by atoms with Gasteiger partial charge in [-0.15, -0.1) is 12.4 Å². The number of amides is 1. The fourth-order valence-corrected chi connectivity index (χ4v) is 4.09. The minimum atomic E-state index is -0.427. The minimum absolute atomic E-state index is 0. The van der Waals surface area contributed by atoms with E-state index >= 15 is 0 Å². The van der Waals surface area contributed by atoms with Gasteiger partial charge in [-0.2, -0.15) is 0 Å². The van der Waals surface area contributed by atoms with Crippen molar-refractivity contribution in [2.45, 2.75) is 44.6 Å². The van der Waals surface area contributed by atoms with Gasteiger partial charge in [0.15, 0.2) is 0 Å². The van der Waals surface area contributed by atoms with E-state index in [2.05, 4.69) is 43.0 Å². The summed E-state index contributed by atoms with van der Waals surface area (Å²) in [5, 5.41) is 0. The lowest BCUT2D eigenvalue weighted by Gasteiger charge is -2.40. The maximum absolute atomic E-state index is 13.5. The fraction of sp³-hybridized carbons (Fsp3) is 0.632. The second kappa shape index (κ2) is 7.85. The van der Waals surface area contributed by atoms with Crippen LogP contribution in [0.25, 0.3) is 0 Å². The molecule has 1 aromatic rings. The molecule has 2 saturated heterocycles. The third-order valence-corrected chi connectivity index (χ3v) is 5.62. The highest BCUT2D eigenvalue weighted by Gasteiger charge is 2.46. The molecule has 0 radical (unpaired) electrons. The van der Waals surface area contributed by atoms with Gasteiger partial charge >= 0.3 is 0 Å². The van der Waals surface area contributed by atoms with E-state index in [4.69, 9.17) is 10.5 Å². The molecule has 2 aliphatic rings. The van der Waals surface area contributed by atoms with E-state index in [0.29, 0.717) is 25.7 Å². The van der Waals surface area contributed by atoms with Gasteiger partial charge in [-0.3, -0.25) is 4.79 Å². The van der Waals surface area contributed by atoms with Gasteiger partial charge < -0.3 is 15.4 Å². The lowest BCUT2D eigenvalue weighted by molar-refractivity contribution is -0.142. The Labute approximate surface area is 151 Å². The van der Waals surface area contributed by atoms with E-state index in [1.54, 1.807) is 0 Å².